The van der Waals surface area contributed by atoms with Gasteiger partial charge in [-0.25, -0.2) is 0 Å². The lowest BCUT2D eigenvalue weighted by atomic mass is 9.98. The second-order valence-corrected chi connectivity index (χ2v) is 4.65. The van der Waals surface area contributed by atoms with Crippen LogP contribution in [0.4, 0.5) is 0 Å². The number of fused-ring (bicyclic) bond motifs is 1. The van der Waals surface area contributed by atoms with Crippen molar-refractivity contribution in [3.05, 3.63) is 29.3 Å². The maximum Gasteiger partial charge on any atom is 0.220 e. The third-order valence-corrected chi connectivity index (χ3v) is 3.22. The molecule has 0 aliphatic carbocycles. The van der Waals surface area contributed by atoms with Gasteiger partial charge in [0, 0.05) is 18.4 Å². The van der Waals surface area contributed by atoms with Gasteiger partial charge in [-0.1, -0.05) is 18.6 Å². The van der Waals surface area contributed by atoms with Crippen LogP contribution in [-0.4, -0.2) is 23.7 Å². The summed E-state index contributed by atoms with van der Waals surface area (Å²) in [6.45, 7) is 4.27. The molecule has 1 heterocycles. The first kappa shape index (κ1) is 12.9. The first-order valence-electron chi connectivity index (χ1n) is 6.32. The van der Waals surface area contributed by atoms with Gasteiger partial charge in [-0.2, -0.15) is 0 Å². The minimum Gasteiger partial charge on any atom is -0.493 e. The maximum absolute atomic E-state index is 11.5. The normalized spacial score (nSPS) is 22.6. The highest BCUT2D eigenvalue weighted by atomic mass is 16.5. The summed E-state index contributed by atoms with van der Waals surface area (Å²) in [6, 6.07) is 5.46. The van der Waals surface area contributed by atoms with Gasteiger partial charge in [-0.3, -0.25) is 4.79 Å². The molecule has 1 aromatic carbocycles. The summed E-state index contributed by atoms with van der Waals surface area (Å²) in [5, 5.41) is 13.2. The number of aryl methyl sites for hydroxylation is 1. The van der Waals surface area contributed by atoms with Gasteiger partial charge in [0.15, 0.2) is 0 Å². The van der Waals surface area contributed by atoms with Gasteiger partial charge >= 0.3 is 0 Å². The number of hydrogen-bond acceptors (Lipinski definition) is 3. The van der Waals surface area contributed by atoms with E-state index in [2.05, 4.69) is 5.32 Å². The van der Waals surface area contributed by atoms with E-state index in [9.17, 15) is 9.90 Å². The lowest BCUT2D eigenvalue weighted by molar-refractivity contribution is -0.122. The SMILES string of the molecule is CCC(=O)NC1CCOc2ccc(C)cc2C1O. The summed E-state index contributed by atoms with van der Waals surface area (Å²) < 4.78 is 5.61. The van der Waals surface area contributed by atoms with Crippen molar-refractivity contribution in [1.82, 2.24) is 5.32 Å². The van der Waals surface area contributed by atoms with Crippen molar-refractivity contribution in [1.29, 1.82) is 0 Å². The number of carbonyl (C=O) groups is 1. The summed E-state index contributed by atoms with van der Waals surface area (Å²) >= 11 is 0. The van der Waals surface area contributed by atoms with Crippen molar-refractivity contribution >= 4 is 5.91 Å². The third kappa shape index (κ3) is 2.64. The van der Waals surface area contributed by atoms with Crippen molar-refractivity contribution in [2.45, 2.75) is 38.8 Å². The first-order chi connectivity index (χ1) is 8.61. The Morgan fingerprint density at radius 3 is 3.06 bits per heavy atom. The second kappa shape index (κ2) is 5.40. The quantitative estimate of drug-likeness (QED) is 0.838. The first-order valence-corrected chi connectivity index (χ1v) is 6.32. The molecule has 18 heavy (non-hydrogen) atoms. The molecule has 2 rings (SSSR count). The largest absolute Gasteiger partial charge is 0.493 e. The molecule has 1 aliphatic heterocycles. The molecule has 0 fully saturated rings. The summed E-state index contributed by atoms with van der Waals surface area (Å²) in [5.41, 5.74) is 1.83. The molecule has 0 aromatic heterocycles. The fourth-order valence-corrected chi connectivity index (χ4v) is 2.16. The number of carbonyl (C=O) groups excluding carboxylic acids is 1. The molecule has 1 amide bonds. The monoisotopic (exact) mass is 249 g/mol. The predicted octanol–water partition coefficient (Wildman–Crippen LogP) is 1.71. The van der Waals surface area contributed by atoms with Crippen molar-refractivity contribution in [3.63, 3.8) is 0 Å². The van der Waals surface area contributed by atoms with Crippen LogP contribution < -0.4 is 10.1 Å². The van der Waals surface area contributed by atoms with Crippen molar-refractivity contribution in [3.8, 4) is 5.75 Å². The van der Waals surface area contributed by atoms with Gasteiger partial charge in [-0.05, 0) is 19.1 Å². The minimum atomic E-state index is -0.710. The molecule has 0 radical (unpaired) electrons. The van der Waals surface area contributed by atoms with Gasteiger partial charge in [0.2, 0.25) is 5.91 Å². The highest BCUT2D eigenvalue weighted by Gasteiger charge is 2.27. The Morgan fingerprint density at radius 1 is 1.56 bits per heavy atom. The highest BCUT2D eigenvalue weighted by Crippen LogP contribution is 2.32. The topological polar surface area (TPSA) is 58.6 Å². The predicted molar refractivity (Wildman–Crippen MR) is 68.5 cm³/mol. The average molecular weight is 249 g/mol. The zero-order valence-electron chi connectivity index (χ0n) is 10.8. The molecule has 0 saturated heterocycles. The number of aliphatic hydroxyl groups excluding tert-OH is 1. The molecule has 0 bridgehead atoms. The molecule has 4 heteroatoms. The molecule has 2 unspecified atom stereocenters. The van der Waals surface area contributed by atoms with E-state index in [1.54, 1.807) is 6.92 Å². The van der Waals surface area contributed by atoms with Crippen LogP contribution >= 0.6 is 0 Å². The average Bonchev–Trinajstić information content (AvgIpc) is 2.51. The molecule has 0 spiro atoms. The van der Waals surface area contributed by atoms with E-state index < -0.39 is 6.10 Å². The van der Waals surface area contributed by atoms with E-state index >= 15 is 0 Å². The molecule has 0 saturated carbocycles. The van der Waals surface area contributed by atoms with Crippen LogP contribution in [0.15, 0.2) is 18.2 Å². The van der Waals surface area contributed by atoms with E-state index in [0.717, 1.165) is 11.1 Å². The number of ether oxygens (including phenoxy) is 1. The lowest BCUT2D eigenvalue weighted by Crippen LogP contribution is -2.39. The zero-order chi connectivity index (χ0) is 13.1. The summed E-state index contributed by atoms with van der Waals surface area (Å²) in [4.78, 5) is 11.5. The summed E-state index contributed by atoms with van der Waals surface area (Å²) in [5.74, 6) is 0.663. The van der Waals surface area contributed by atoms with Crippen molar-refractivity contribution in [2.24, 2.45) is 0 Å². The standard InChI is InChI=1S/C14H19NO3/c1-3-13(16)15-11-6-7-18-12-5-4-9(2)8-10(12)14(11)17/h4-5,8,11,14,17H,3,6-7H2,1-2H3,(H,15,16). The minimum absolute atomic E-state index is 0.0462. The molecule has 1 aliphatic rings. The van der Waals surface area contributed by atoms with Crippen LogP contribution in [0.5, 0.6) is 5.75 Å². The van der Waals surface area contributed by atoms with Gasteiger partial charge in [0.05, 0.1) is 12.6 Å². The number of amides is 1. The number of hydrogen-bond donors (Lipinski definition) is 2. The number of rotatable bonds is 2. The fourth-order valence-electron chi connectivity index (χ4n) is 2.16. The molecular formula is C14H19NO3. The van der Waals surface area contributed by atoms with Crippen LogP contribution in [0, 0.1) is 6.92 Å². The molecule has 98 valence electrons. The molecule has 4 nitrogen and oxygen atoms in total. The van der Waals surface area contributed by atoms with Gasteiger partial charge in [0.25, 0.3) is 0 Å². The lowest BCUT2D eigenvalue weighted by Gasteiger charge is -2.21. The smallest absolute Gasteiger partial charge is 0.220 e. The Morgan fingerprint density at radius 2 is 2.33 bits per heavy atom. The van der Waals surface area contributed by atoms with Crippen LogP contribution in [0.25, 0.3) is 0 Å². The Kier molecular flexibility index (Phi) is 3.87. The van der Waals surface area contributed by atoms with E-state index in [0.29, 0.717) is 25.2 Å². The van der Waals surface area contributed by atoms with E-state index in [-0.39, 0.29) is 11.9 Å². The summed E-state index contributed by atoms with van der Waals surface area (Å²) in [6.07, 6.45) is 0.323. The van der Waals surface area contributed by atoms with Crippen molar-refractivity contribution < 1.29 is 14.6 Å². The Balaban J connectivity index is 2.25. The zero-order valence-corrected chi connectivity index (χ0v) is 10.8. The number of nitrogens with one attached hydrogen (secondary N) is 1. The number of aliphatic hydroxyl groups is 1. The van der Waals surface area contributed by atoms with E-state index in [4.69, 9.17) is 4.74 Å². The van der Waals surface area contributed by atoms with Crippen LogP contribution in [0.2, 0.25) is 0 Å². The van der Waals surface area contributed by atoms with E-state index in [1.165, 1.54) is 0 Å². The van der Waals surface area contributed by atoms with Gasteiger partial charge < -0.3 is 15.2 Å². The van der Waals surface area contributed by atoms with Crippen LogP contribution in [-0.2, 0) is 4.79 Å². The molecule has 1 aromatic rings. The van der Waals surface area contributed by atoms with E-state index in [1.807, 2.05) is 25.1 Å². The number of benzene rings is 1. The molecule has 2 N–H and O–H groups in total. The van der Waals surface area contributed by atoms with Gasteiger partial charge in [-0.15, -0.1) is 0 Å². The van der Waals surface area contributed by atoms with Crippen LogP contribution in [0.3, 0.4) is 0 Å². The summed E-state index contributed by atoms with van der Waals surface area (Å²) in [7, 11) is 0. The fraction of sp³-hybridized carbons (Fsp3) is 0.500. The highest BCUT2D eigenvalue weighted by molar-refractivity contribution is 5.76. The van der Waals surface area contributed by atoms with Crippen molar-refractivity contribution in [2.75, 3.05) is 6.61 Å². The Bertz CT molecular complexity index is 445. The molecule has 2 atom stereocenters. The Labute approximate surface area is 107 Å². The maximum atomic E-state index is 11.5. The Hall–Kier alpha value is -1.55. The second-order valence-electron chi connectivity index (χ2n) is 4.65. The molecular weight excluding hydrogens is 230 g/mol. The third-order valence-electron chi connectivity index (χ3n) is 3.22. The van der Waals surface area contributed by atoms with Gasteiger partial charge in [0.1, 0.15) is 11.9 Å². The van der Waals surface area contributed by atoms with Crippen LogP contribution in [0.1, 0.15) is 37.0 Å².